The number of nitrogens with one attached hydrogen (secondary N) is 2. The van der Waals surface area contributed by atoms with E-state index in [9.17, 15) is 4.57 Å². The molecular formula is C6H16N3O3PS. The van der Waals surface area contributed by atoms with Crippen molar-refractivity contribution in [2.75, 3.05) is 18.8 Å². The molecule has 6 nitrogen and oxygen atoms in total. The van der Waals surface area contributed by atoms with E-state index < -0.39 is 6.80 Å². The summed E-state index contributed by atoms with van der Waals surface area (Å²) in [7, 11) is 0. The fourth-order valence-electron chi connectivity index (χ4n) is 0.766. The van der Waals surface area contributed by atoms with Crippen molar-refractivity contribution in [2.45, 2.75) is 12.8 Å². The van der Waals surface area contributed by atoms with Crippen LogP contribution >= 0.6 is 18.2 Å². The van der Waals surface area contributed by atoms with Gasteiger partial charge < -0.3 is 20.8 Å². The van der Waals surface area contributed by atoms with Gasteiger partial charge in [0.2, 0.25) is 0 Å². The molecule has 0 spiro atoms. The Kier molecular flexibility index (Phi) is 7.22. The first-order valence-electron chi connectivity index (χ1n) is 4.15. The number of hydrogen-bond donors (Lipinski definition) is 5. The zero-order valence-corrected chi connectivity index (χ0v) is 9.48. The third-order valence-corrected chi connectivity index (χ3v) is 3.62. The van der Waals surface area contributed by atoms with Crippen LogP contribution in [-0.4, -0.2) is 34.5 Å². The van der Waals surface area contributed by atoms with Gasteiger partial charge in [-0.3, -0.25) is 5.41 Å². The van der Waals surface area contributed by atoms with Crippen LogP contribution in [0.3, 0.4) is 0 Å². The Morgan fingerprint density at radius 3 is 2.64 bits per heavy atom. The average Bonchev–Trinajstić information content (AvgIpc) is 2.00. The first-order chi connectivity index (χ1) is 6.42. The van der Waals surface area contributed by atoms with E-state index >= 15 is 0 Å². The fraction of sp³-hybridized carbons (Fsp3) is 0.833. The molecule has 0 saturated heterocycles. The molecule has 0 unspecified atom stereocenters. The lowest BCUT2D eigenvalue weighted by atomic mass is 10.3. The van der Waals surface area contributed by atoms with E-state index in [0.29, 0.717) is 36.6 Å². The highest BCUT2D eigenvalue weighted by Gasteiger charge is 2.11. The maximum absolute atomic E-state index is 10.4. The number of hydrogen-bond acceptors (Lipinski definition) is 4. The van der Waals surface area contributed by atoms with Crippen LogP contribution in [0.25, 0.3) is 0 Å². The average molecular weight is 241 g/mol. The van der Waals surface area contributed by atoms with Crippen LogP contribution in [0.5, 0.6) is 0 Å². The molecule has 0 bridgehead atoms. The second-order valence-electron chi connectivity index (χ2n) is 2.70. The molecule has 0 amide bonds. The first-order valence-corrected chi connectivity index (χ1v) is 7.36. The molecule has 84 valence electrons. The molecule has 0 aliphatic rings. The highest BCUT2D eigenvalue weighted by atomic mass is 32.7. The summed E-state index contributed by atoms with van der Waals surface area (Å²) in [6, 6.07) is 0. The molecular weight excluding hydrogens is 225 g/mol. The molecule has 0 aromatic heterocycles. The van der Waals surface area contributed by atoms with Gasteiger partial charge in [-0.25, -0.2) is 4.57 Å². The SMILES string of the molecule is N=C(N)CCCNCCSP(=O)(O)O. The van der Waals surface area contributed by atoms with E-state index in [4.69, 9.17) is 20.9 Å². The quantitative estimate of drug-likeness (QED) is 0.178. The van der Waals surface area contributed by atoms with E-state index in [1.54, 1.807) is 0 Å². The van der Waals surface area contributed by atoms with E-state index in [1.165, 1.54) is 0 Å². The van der Waals surface area contributed by atoms with Gasteiger partial charge in [0, 0.05) is 18.7 Å². The lowest BCUT2D eigenvalue weighted by Crippen LogP contribution is -2.20. The highest BCUT2D eigenvalue weighted by Crippen LogP contribution is 2.49. The minimum atomic E-state index is -3.91. The first kappa shape index (κ1) is 13.9. The Bertz CT molecular complexity index is 220. The highest BCUT2D eigenvalue weighted by molar-refractivity contribution is 8.54. The summed E-state index contributed by atoms with van der Waals surface area (Å²) in [4.78, 5) is 17.0. The Morgan fingerprint density at radius 1 is 1.50 bits per heavy atom. The monoisotopic (exact) mass is 241 g/mol. The van der Waals surface area contributed by atoms with Crippen molar-refractivity contribution < 1.29 is 14.4 Å². The molecule has 0 atom stereocenters. The van der Waals surface area contributed by atoms with Crippen molar-refractivity contribution in [3.63, 3.8) is 0 Å². The summed E-state index contributed by atoms with van der Waals surface area (Å²) in [5.74, 6) is 0.543. The molecule has 0 aliphatic heterocycles. The Morgan fingerprint density at radius 2 is 2.14 bits per heavy atom. The van der Waals surface area contributed by atoms with Gasteiger partial charge in [0.05, 0.1) is 5.84 Å². The molecule has 0 heterocycles. The molecule has 14 heavy (non-hydrogen) atoms. The second-order valence-corrected chi connectivity index (χ2v) is 6.55. The van der Waals surface area contributed by atoms with Crippen LogP contribution in [0.2, 0.25) is 0 Å². The molecule has 0 aromatic rings. The van der Waals surface area contributed by atoms with Crippen LogP contribution in [0.1, 0.15) is 12.8 Å². The lowest BCUT2D eigenvalue weighted by Gasteiger charge is -2.04. The van der Waals surface area contributed by atoms with E-state index in [1.807, 2.05) is 0 Å². The van der Waals surface area contributed by atoms with Crippen molar-refractivity contribution in [2.24, 2.45) is 5.73 Å². The van der Waals surface area contributed by atoms with Crippen molar-refractivity contribution >= 4 is 24.0 Å². The minimum Gasteiger partial charge on any atom is -0.388 e. The molecule has 8 heteroatoms. The topological polar surface area (TPSA) is 119 Å². The maximum Gasteiger partial charge on any atom is 0.384 e. The summed E-state index contributed by atoms with van der Waals surface area (Å²) in [6.45, 7) is -2.66. The number of rotatable bonds is 8. The van der Waals surface area contributed by atoms with Gasteiger partial charge in [-0.2, -0.15) is 0 Å². The Balaban J connectivity index is 3.15. The summed E-state index contributed by atoms with van der Waals surface area (Å²) < 4.78 is 10.4. The molecule has 0 saturated carbocycles. The minimum absolute atomic E-state index is 0.163. The van der Waals surface area contributed by atoms with Gasteiger partial charge in [-0.1, -0.05) is 0 Å². The third-order valence-electron chi connectivity index (χ3n) is 1.34. The molecule has 0 aromatic carbocycles. The summed E-state index contributed by atoms with van der Waals surface area (Å²) in [6.07, 6.45) is 1.33. The largest absolute Gasteiger partial charge is 0.388 e. The van der Waals surface area contributed by atoms with Crippen LogP contribution in [0, 0.1) is 5.41 Å². The second kappa shape index (κ2) is 7.25. The van der Waals surface area contributed by atoms with Crippen molar-refractivity contribution in [3.05, 3.63) is 0 Å². The molecule has 0 radical (unpaired) electrons. The number of amidine groups is 1. The molecule has 0 fully saturated rings. The van der Waals surface area contributed by atoms with Gasteiger partial charge >= 0.3 is 6.80 Å². The normalized spacial score (nSPS) is 11.6. The van der Waals surface area contributed by atoms with E-state index in [2.05, 4.69) is 5.32 Å². The Labute approximate surface area is 87.1 Å². The van der Waals surface area contributed by atoms with Crippen LogP contribution in [-0.2, 0) is 4.57 Å². The van der Waals surface area contributed by atoms with E-state index in [-0.39, 0.29) is 5.84 Å². The summed E-state index contributed by atoms with van der Waals surface area (Å²) in [5, 5.41) is 9.93. The smallest absolute Gasteiger partial charge is 0.384 e. The predicted octanol–water partition coefficient (Wildman–Crippen LogP) is 0.118. The summed E-state index contributed by atoms with van der Waals surface area (Å²) in [5.41, 5.74) is 5.14. The molecule has 6 N–H and O–H groups in total. The van der Waals surface area contributed by atoms with Gasteiger partial charge in [0.15, 0.2) is 0 Å². The standard InChI is InChI=1S/C6H16N3O3PS/c7-6(8)2-1-3-9-4-5-14-13(10,11)12/h9H,1-5H2,(H3,7,8)(H2,10,11,12). The van der Waals surface area contributed by atoms with Crippen molar-refractivity contribution in [1.29, 1.82) is 5.41 Å². The maximum atomic E-state index is 10.4. The van der Waals surface area contributed by atoms with Crippen LogP contribution in [0.15, 0.2) is 0 Å². The van der Waals surface area contributed by atoms with Gasteiger partial charge in [-0.15, -0.1) is 0 Å². The van der Waals surface area contributed by atoms with Gasteiger partial charge in [-0.05, 0) is 24.3 Å². The van der Waals surface area contributed by atoms with Crippen LogP contribution < -0.4 is 11.1 Å². The Hall–Kier alpha value is -0.0700. The van der Waals surface area contributed by atoms with E-state index in [0.717, 1.165) is 6.42 Å². The molecule has 0 rings (SSSR count). The zero-order chi connectivity index (χ0) is 11.0. The van der Waals surface area contributed by atoms with Gasteiger partial charge in [0.1, 0.15) is 0 Å². The van der Waals surface area contributed by atoms with Gasteiger partial charge in [0.25, 0.3) is 0 Å². The predicted molar refractivity (Wildman–Crippen MR) is 58.5 cm³/mol. The summed E-state index contributed by atoms with van der Waals surface area (Å²) >= 11 is 0.635. The third kappa shape index (κ3) is 11.9. The zero-order valence-electron chi connectivity index (χ0n) is 7.77. The van der Waals surface area contributed by atoms with Crippen molar-refractivity contribution in [1.82, 2.24) is 5.32 Å². The fourth-order valence-corrected chi connectivity index (χ4v) is 2.23. The lowest BCUT2D eigenvalue weighted by molar-refractivity contribution is 0.397. The molecule has 0 aliphatic carbocycles. The number of nitrogens with two attached hydrogens (primary N) is 1. The van der Waals surface area contributed by atoms with Crippen LogP contribution in [0.4, 0.5) is 0 Å². The van der Waals surface area contributed by atoms with Crippen molar-refractivity contribution in [3.8, 4) is 0 Å².